The predicted molar refractivity (Wildman–Crippen MR) is 91.3 cm³/mol. The first-order valence-corrected chi connectivity index (χ1v) is 8.26. The first-order chi connectivity index (χ1) is 11.4. The molecule has 2 amide bonds. The standard InChI is InChI=1S/C18H24N2O4/c1-11-14-9-13(23-3)5-6-15(14)24-16(11)12(2)20-17(21)19-10-18(22)7-4-8-18/h5-6,9,12,22H,4,7-8,10H2,1-3H3,(H2,19,20,21). The zero-order valence-electron chi connectivity index (χ0n) is 14.3. The van der Waals surface area contributed by atoms with E-state index >= 15 is 0 Å². The number of rotatable bonds is 5. The van der Waals surface area contributed by atoms with Gasteiger partial charge < -0.3 is 24.9 Å². The summed E-state index contributed by atoms with van der Waals surface area (Å²) in [6, 6.07) is 5.05. The summed E-state index contributed by atoms with van der Waals surface area (Å²) in [5.41, 5.74) is 1.02. The maximum Gasteiger partial charge on any atom is 0.315 e. The molecule has 24 heavy (non-hydrogen) atoms. The summed E-state index contributed by atoms with van der Waals surface area (Å²) >= 11 is 0. The van der Waals surface area contributed by atoms with E-state index in [1.54, 1.807) is 7.11 Å². The molecule has 6 heteroatoms. The summed E-state index contributed by atoms with van der Waals surface area (Å²) in [6.45, 7) is 4.12. The van der Waals surface area contributed by atoms with Gasteiger partial charge in [0.25, 0.3) is 0 Å². The Morgan fingerprint density at radius 2 is 2.21 bits per heavy atom. The highest BCUT2D eigenvalue weighted by molar-refractivity contribution is 5.84. The molecule has 1 aromatic carbocycles. The second kappa shape index (κ2) is 6.36. The summed E-state index contributed by atoms with van der Waals surface area (Å²) in [5.74, 6) is 1.49. The highest BCUT2D eigenvalue weighted by atomic mass is 16.5. The molecule has 0 radical (unpaired) electrons. The molecule has 1 aromatic heterocycles. The third kappa shape index (κ3) is 3.19. The topological polar surface area (TPSA) is 83.7 Å². The van der Waals surface area contributed by atoms with Crippen molar-refractivity contribution in [1.29, 1.82) is 0 Å². The lowest BCUT2D eigenvalue weighted by Crippen LogP contribution is -2.50. The van der Waals surface area contributed by atoms with Crippen molar-refractivity contribution in [1.82, 2.24) is 10.6 Å². The van der Waals surface area contributed by atoms with Crippen LogP contribution in [0.25, 0.3) is 11.0 Å². The third-order valence-corrected chi connectivity index (χ3v) is 4.78. The van der Waals surface area contributed by atoms with Crippen LogP contribution in [0.4, 0.5) is 4.79 Å². The van der Waals surface area contributed by atoms with E-state index in [-0.39, 0.29) is 18.6 Å². The lowest BCUT2D eigenvalue weighted by atomic mass is 9.80. The van der Waals surface area contributed by atoms with Gasteiger partial charge in [-0.15, -0.1) is 0 Å². The molecular weight excluding hydrogens is 308 g/mol. The van der Waals surface area contributed by atoms with Gasteiger partial charge in [0.15, 0.2) is 0 Å². The number of fused-ring (bicyclic) bond motifs is 1. The molecule has 3 rings (SSSR count). The lowest BCUT2D eigenvalue weighted by molar-refractivity contribution is -0.0290. The zero-order valence-corrected chi connectivity index (χ0v) is 14.3. The van der Waals surface area contributed by atoms with E-state index in [0.717, 1.165) is 47.3 Å². The van der Waals surface area contributed by atoms with Crippen LogP contribution >= 0.6 is 0 Å². The first-order valence-electron chi connectivity index (χ1n) is 8.26. The van der Waals surface area contributed by atoms with Crippen LogP contribution in [0.3, 0.4) is 0 Å². The molecule has 6 nitrogen and oxygen atoms in total. The number of carbonyl (C=O) groups excluding carboxylic acids is 1. The van der Waals surface area contributed by atoms with Gasteiger partial charge >= 0.3 is 6.03 Å². The molecule has 2 aromatic rings. The molecule has 0 bridgehead atoms. The minimum absolute atomic E-state index is 0.278. The van der Waals surface area contributed by atoms with Gasteiger partial charge in [0, 0.05) is 17.5 Å². The van der Waals surface area contributed by atoms with Crippen LogP contribution in [0.1, 0.15) is 43.6 Å². The second-order valence-corrected chi connectivity index (χ2v) is 6.58. The highest BCUT2D eigenvalue weighted by Crippen LogP contribution is 2.32. The summed E-state index contributed by atoms with van der Waals surface area (Å²) in [5, 5.41) is 16.6. The van der Waals surface area contributed by atoms with E-state index in [0.29, 0.717) is 0 Å². The summed E-state index contributed by atoms with van der Waals surface area (Å²) in [4.78, 5) is 12.0. The average Bonchev–Trinajstić information content (AvgIpc) is 2.87. The Morgan fingerprint density at radius 1 is 1.46 bits per heavy atom. The van der Waals surface area contributed by atoms with Gasteiger partial charge in [-0.3, -0.25) is 0 Å². The Balaban J connectivity index is 1.68. The molecular formula is C18H24N2O4. The van der Waals surface area contributed by atoms with Crippen LogP contribution in [0.15, 0.2) is 22.6 Å². The largest absolute Gasteiger partial charge is 0.497 e. The predicted octanol–water partition coefficient (Wildman–Crippen LogP) is 3.03. The van der Waals surface area contributed by atoms with E-state index in [9.17, 15) is 9.90 Å². The summed E-state index contributed by atoms with van der Waals surface area (Å²) < 4.78 is 11.1. The molecule has 130 valence electrons. The number of carbonyl (C=O) groups is 1. The fraction of sp³-hybridized carbons (Fsp3) is 0.500. The van der Waals surface area contributed by atoms with Crippen molar-refractivity contribution in [3.05, 3.63) is 29.5 Å². The third-order valence-electron chi connectivity index (χ3n) is 4.78. The van der Waals surface area contributed by atoms with Gasteiger partial charge in [0.05, 0.1) is 18.8 Å². The number of ether oxygens (including phenoxy) is 1. The van der Waals surface area contributed by atoms with Crippen LogP contribution in [0.5, 0.6) is 5.75 Å². The minimum atomic E-state index is -0.730. The van der Waals surface area contributed by atoms with E-state index in [1.807, 2.05) is 32.0 Å². The average molecular weight is 332 g/mol. The second-order valence-electron chi connectivity index (χ2n) is 6.58. The fourth-order valence-corrected chi connectivity index (χ4v) is 3.08. The molecule has 1 saturated carbocycles. The van der Waals surface area contributed by atoms with Crippen molar-refractivity contribution in [2.75, 3.05) is 13.7 Å². The SMILES string of the molecule is COc1ccc2oc(C(C)NC(=O)NCC3(O)CCC3)c(C)c2c1. The van der Waals surface area contributed by atoms with E-state index in [2.05, 4.69) is 10.6 Å². The van der Waals surface area contributed by atoms with E-state index in [4.69, 9.17) is 9.15 Å². The van der Waals surface area contributed by atoms with Crippen molar-refractivity contribution in [2.24, 2.45) is 0 Å². The van der Waals surface area contributed by atoms with Crippen LogP contribution < -0.4 is 15.4 Å². The van der Waals surface area contributed by atoms with Gasteiger partial charge in [-0.1, -0.05) is 0 Å². The fourth-order valence-electron chi connectivity index (χ4n) is 3.08. The quantitative estimate of drug-likeness (QED) is 0.786. The van der Waals surface area contributed by atoms with Crippen molar-refractivity contribution in [3.8, 4) is 5.75 Å². The first kappa shape index (κ1) is 16.6. The number of amides is 2. The number of furan rings is 1. The van der Waals surface area contributed by atoms with Gasteiger partial charge in [-0.2, -0.15) is 0 Å². The van der Waals surface area contributed by atoms with Crippen LogP contribution in [0, 0.1) is 6.92 Å². The number of aliphatic hydroxyl groups is 1. The Morgan fingerprint density at radius 3 is 2.83 bits per heavy atom. The van der Waals surface area contributed by atoms with E-state index in [1.165, 1.54) is 0 Å². The van der Waals surface area contributed by atoms with Crippen LogP contribution in [-0.4, -0.2) is 30.4 Å². The molecule has 0 aliphatic heterocycles. The zero-order chi connectivity index (χ0) is 17.3. The molecule has 1 fully saturated rings. The molecule has 0 spiro atoms. The molecule has 1 atom stereocenters. The molecule has 1 aliphatic rings. The number of hydrogen-bond donors (Lipinski definition) is 3. The minimum Gasteiger partial charge on any atom is -0.497 e. The maximum absolute atomic E-state index is 12.0. The maximum atomic E-state index is 12.0. The van der Waals surface area contributed by atoms with E-state index < -0.39 is 5.60 Å². The number of urea groups is 1. The normalized spacial score (nSPS) is 17.2. The Hall–Kier alpha value is -2.21. The Labute approximate surface area is 141 Å². The Kier molecular flexibility index (Phi) is 4.41. The van der Waals surface area contributed by atoms with Crippen molar-refractivity contribution in [2.45, 2.75) is 44.8 Å². The summed E-state index contributed by atoms with van der Waals surface area (Å²) in [7, 11) is 1.63. The van der Waals surface area contributed by atoms with Crippen LogP contribution in [0.2, 0.25) is 0 Å². The van der Waals surface area contributed by atoms with Crippen molar-refractivity contribution in [3.63, 3.8) is 0 Å². The molecule has 1 heterocycles. The number of methoxy groups -OCH3 is 1. The van der Waals surface area contributed by atoms with Gasteiger partial charge in [-0.25, -0.2) is 4.79 Å². The molecule has 0 saturated heterocycles. The molecule has 1 unspecified atom stereocenters. The van der Waals surface area contributed by atoms with Gasteiger partial charge in [-0.05, 0) is 51.3 Å². The van der Waals surface area contributed by atoms with Gasteiger partial charge in [0.2, 0.25) is 0 Å². The van der Waals surface area contributed by atoms with Crippen LogP contribution in [-0.2, 0) is 0 Å². The number of nitrogens with one attached hydrogen (secondary N) is 2. The van der Waals surface area contributed by atoms with Crippen molar-refractivity contribution >= 4 is 17.0 Å². The number of hydrogen-bond acceptors (Lipinski definition) is 4. The summed E-state index contributed by atoms with van der Waals surface area (Å²) in [6.07, 6.45) is 2.50. The highest BCUT2D eigenvalue weighted by Gasteiger charge is 2.34. The lowest BCUT2D eigenvalue weighted by Gasteiger charge is -2.36. The Bertz CT molecular complexity index is 749. The molecule has 1 aliphatic carbocycles. The van der Waals surface area contributed by atoms with Gasteiger partial charge in [0.1, 0.15) is 17.1 Å². The molecule has 3 N–H and O–H groups in total. The number of benzene rings is 1. The number of aryl methyl sites for hydroxylation is 1. The smallest absolute Gasteiger partial charge is 0.315 e. The monoisotopic (exact) mass is 332 g/mol. The van der Waals surface area contributed by atoms with Crippen molar-refractivity contribution < 1.29 is 19.1 Å².